The normalized spacial score (nSPS) is 22.5. The van der Waals surface area contributed by atoms with E-state index >= 15 is 0 Å². The molecule has 1 aromatic carbocycles. The summed E-state index contributed by atoms with van der Waals surface area (Å²) in [6.07, 6.45) is 3.32. The van der Waals surface area contributed by atoms with Gasteiger partial charge >= 0.3 is 0 Å². The van der Waals surface area contributed by atoms with Crippen LogP contribution < -0.4 is 0 Å². The van der Waals surface area contributed by atoms with E-state index in [1.165, 1.54) is 30.2 Å². The molecule has 1 N–H and O–H groups in total. The predicted molar refractivity (Wildman–Crippen MR) is 92.1 cm³/mol. The fourth-order valence-corrected chi connectivity index (χ4v) is 2.57. The first-order valence-corrected chi connectivity index (χ1v) is 7.80. The van der Waals surface area contributed by atoms with Gasteiger partial charge in [0, 0.05) is 13.5 Å². The summed E-state index contributed by atoms with van der Waals surface area (Å²) in [5.74, 6) is -2.50. The van der Waals surface area contributed by atoms with E-state index in [0.717, 1.165) is 6.08 Å². The van der Waals surface area contributed by atoms with Gasteiger partial charge in [0.15, 0.2) is 17.8 Å². The Morgan fingerprint density at radius 2 is 2.08 bits per heavy atom. The number of carbonyl (C=O) groups is 1. The summed E-state index contributed by atoms with van der Waals surface area (Å²) in [6, 6.07) is 5.91. The highest BCUT2D eigenvalue weighted by atomic mass is 19.1. The van der Waals surface area contributed by atoms with E-state index in [2.05, 4.69) is 4.99 Å². The zero-order valence-corrected chi connectivity index (χ0v) is 13.8. The van der Waals surface area contributed by atoms with Crippen LogP contribution in [0.3, 0.4) is 0 Å². The van der Waals surface area contributed by atoms with Crippen LogP contribution in [0.5, 0.6) is 0 Å². The Kier molecular flexibility index (Phi) is 4.79. The Hall–Kier alpha value is -3.09. The Labute approximate surface area is 148 Å². The Bertz CT molecular complexity index is 913. The minimum atomic E-state index is -1.85. The quantitative estimate of drug-likeness (QED) is 0.829. The van der Waals surface area contributed by atoms with Gasteiger partial charge in [0.2, 0.25) is 0 Å². The highest BCUT2D eigenvalue weighted by molar-refractivity contribution is 6.16. The number of aliphatic hydroxyl groups excluding tert-OH is 1. The van der Waals surface area contributed by atoms with Crippen molar-refractivity contribution >= 4 is 17.8 Å². The summed E-state index contributed by atoms with van der Waals surface area (Å²) in [7, 11) is 1.51. The zero-order chi connectivity index (χ0) is 18.8. The lowest BCUT2D eigenvalue weighted by molar-refractivity contribution is -0.121. The number of amidine groups is 1. The third-order valence-corrected chi connectivity index (χ3v) is 3.97. The number of carbonyl (C=O) groups excluding carboxylic acids is 1. The molecule has 7 heteroatoms. The molecule has 0 bridgehead atoms. The van der Waals surface area contributed by atoms with E-state index in [4.69, 9.17) is 0 Å². The SMILES string of the molecule is CN1C(=O)/C(=C/C2=CC(F)=C(O)C(F)C2)N=C1/C=C/c1cccc(F)c1. The Morgan fingerprint density at radius 1 is 1.31 bits per heavy atom. The smallest absolute Gasteiger partial charge is 0.277 e. The maximum Gasteiger partial charge on any atom is 0.277 e. The molecule has 1 aliphatic carbocycles. The number of hydrogen-bond donors (Lipinski definition) is 1. The lowest BCUT2D eigenvalue weighted by atomic mass is 10.0. The molecule has 0 radical (unpaired) electrons. The van der Waals surface area contributed by atoms with Crippen molar-refractivity contribution in [2.45, 2.75) is 12.6 Å². The van der Waals surface area contributed by atoms with Crippen molar-refractivity contribution in [3.05, 3.63) is 76.7 Å². The van der Waals surface area contributed by atoms with Crippen LogP contribution in [0.4, 0.5) is 13.2 Å². The number of rotatable bonds is 3. The molecular formula is C19H15F3N2O2. The molecule has 0 saturated carbocycles. The van der Waals surface area contributed by atoms with Crippen LogP contribution in [0.1, 0.15) is 12.0 Å². The molecule has 1 heterocycles. The van der Waals surface area contributed by atoms with Crippen LogP contribution in [-0.2, 0) is 4.79 Å². The molecule has 4 nitrogen and oxygen atoms in total. The number of halogens is 3. The molecule has 3 rings (SSSR count). The van der Waals surface area contributed by atoms with Gasteiger partial charge in [0.25, 0.3) is 5.91 Å². The molecule has 0 fully saturated rings. The van der Waals surface area contributed by atoms with Crippen molar-refractivity contribution < 1.29 is 23.1 Å². The lowest BCUT2D eigenvalue weighted by Gasteiger charge is -2.14. The van der Waals surface area contributed by atoms with Gasteiger partial charge in [-0.2, -0.15) is 0 Å². The molecule has 1 amide bonds. The second kappa shape index (κ2) is 7.03. The second-order valence-corrected chi connectivity index (χ2v) is 5.88. The van der Waals surface area contributed by atoms with Gasteiger partial charge in [-0.05, 0) is 41.5 Å². The maximum absolute atomic E-state index is 13.6. The number of alkyl halides is 1. The third-order valence-electron chi connectivity index (χ3n) is 3.97. The second-order valence-electron chi connectivity index (χ2n) is 5.88. The average molecular weight is 360 g/mol. The fraction of sp³-hybridized carbons (Fsp3) is 0.158. The number of aliphatic hydroxyl groups is 1. The molecule has 134 valence electrons. The molecule has 1 aliphatic heterocycles. The third kappa shape index (κ3) is 3.61. The summed E-state index contributed by atoms with van der Waals surface area (Å²) in [5, 5.41) is 9.18. The van der Waals surface area contributed by atoms with Crippen molar-refractivity contribution in [1.82, 2.24) is 4.90 Å². The average Bonchev–Trinajstić information content (AvgIpc) is 2.86. The lowest BCUT2D eigenvalue weighted by Crippen LogP contribution is -2.26. The molecule has 26 heavy (non-hydrogen) atoms. The van der Waals surface area contributed by atoms with Crippen molar-refractivity contribution in [2.24, 2.45) is 4.99 Å². The number of benzene rings is 1. The maximum atomic E-state index is 13.6. The molecule has 1 unspecified atom stereocenters. The number of nitrogens with zero attached hydrogens (tertiary/aromatic N) is 2. The van der Waals surface area contributed by atoms with E-state index in [1.807, 2.05) is 0 Å². The van der Waals surface area contributed by atoms with E-state index < -0.39 is 23.7 Å². The van der Waals surface area contributed by atoms with Gasteiger partial charge in [-0.15, -0.1) is 0 Å². The van der Waals surface area contributed by atoms with Crippen LogP contribution in [0, 0.1) is 5.82 Å². The van der Waals surface area contributed by atoms with Crippen molar-refractivity contribution in [2.75, 3.05) is 7.05 Å². The number of aliphatic imine (C=N–C) groups is 1. The minimum Gasteiger partial charge on any atom is -0.506 e. The minimum absolute atomic E-state index is 0.0269. The van der Waals surface area contributed by atoms with Gasteiger partial charge in [-0.25, -0.2) is 18.2 Å². The zero-order valence-electron chi connectivity index (χ0n) is 13.8. The molecular weight excluding hydrogens is 345 g/mol. The number of amides is 1. The highest BCUT2D eigenvalue weighted by Gasteiger charge is 2.28. The number of allylic oxidation sites excluding steroid dienone is 5. The first kappa shape index (κ1) is 17.7. The summed E-state index contributed by atoms with van der Waals surface area (Å²) >= 11 is 0. The monoisotopic (exact) mass is 360 g/mol. The van der Waals surface area contributed by atoms with Gasteiger partial charge in [0.1, 0.15) is 17.3 Å². The summed E-state index contributed by atoms with van der Waals surface area (Å²) < 4.78 is 40.2. The Balaban J connectivity index is 1.86. The van der Waals surface area contributed by atoms with Crippen LogP contribution in [0.25, 0.3) is 6.08 Å². The first-order valence-electron chi connectivity index (χ1n) is 7.80. The fourth-order valence-electron chi connectivity index (χ4n) is 2.57. The van der Waals surface area contributed by atoms with Gasteiger partial charge in [0.05, 0.1) is 0 Å². The first-order chi connectivity index (χ1) is 12.3. The van der Waals surface area contributed by atoms with Crippen molar-refractivity contribution in [3.8, 4) is 0 Å². The van der Waals surface area contributed by atoms with Crippen molar-refractivity contribution in [3.63, 3.8) is 0 Å². The summed E-state index contributed by atoms with van der Waals surface area (Å²) in [6.45, 7) is 0. The van der Waals surface area contributed by atoms with Gasteiger partial charge < -0.3 is 5.11 Å². The highest BCUT2D eigenvalue weighted by Crippen LogP contribution is 2.28. The van der Waals surface area contributed by atoms with Crippen LogP contribution in [0.15, 0.2) is 70.3 Å². The topological polar surface area (TPSA) is 52.9 Å². The standard InChI is InChI=1S/C19H15F3N2O2/c1-24-17(6-5-11-3-2-4-13(20)7-11)23-16(19(24)26)10-12-8-14(21)18(25)15(22)9-12/h2-8,10,15,25H,9H2,1H3/b6-5+,16-10-. The molecule has 0 aromatic heterocycles. The molecule has 1 atom stereocenters. The number of hydrogen-bond acceptors (Lipinski definition) is 3. The van der Waals surface area contributed by atoms with Crippen molar-refractivity contribution in [1.29, 1.82) is 0 Å². The van der Waals surface area contributed by atoms with Gasteiger partial charge in [-0.1, -0.05) is 18.2 Å². The van der Waals surface area contributed by atoms with Crippen LogP contribution >= 0.6 is 0 Å². The van der Waals surface area contributed by atoms with E-state index in [9.17, 15) is 23.1 Å². The molecule has 0 saturated heterocycles. The summed E-state index contributed by atoms with van der Waals surface area (Å²) in [5.41, 5.74) is 0.839. The van der Waals surface area contributed by atoms with Crippen LogP contribution in [-0.4, -0.2) is 35.0 Å². The Morgan fingerprint density at radius 3 is 2.77 bits per heavy atom. The largest absolute Gasteiger partial charge is 0.506 e. The van der Waals surface area contributed by atoms with Crippen LogP contribution in [0.2, 0.25) is 0 Å². The molecule has 2 aliphatic rings. The van der Waals surface area contributed by atoms with E-state index in [0.29, 0.717) is 11.4 Å². The molecule has 1 aromatic rings. The van der Waals surface area contributed by atoms with E-state index in [1.54, 1.807) is 24.3 Å². The number of likely N-dealkylation sites (N-methyl/N-ethyl adjacent to an activating group) is 1. The predicted octanol–water partition coefficient (Wildman–Crippen LogP) is 4.00. The summed E-state index contributed by atoms with van der Waals surface area (Å²) in [4.78, 5) is 17.7. The van der Waals surface area contributed by atoms with E-state index in [-0.39, 0.29) is 23.5 Å². The van der Waals surface area contributed by atoms with Gasteiger partial charge in [-0.3, -0.25) is 9.69 Å². The molecule has 0 spiro atoms.